The summed E-state index contributed by atoms with van der Waals surface area (Å²) in [6.07, 6.45) is 5.08. The van der Waals surface area contributed by atoms with Gasteiger partial charge in [0.2, 0.25) is 5.91 Å². The van der Waals surface area contributed by atoms with E-state index in [1.54, 1.807) is 42.5 Å². The smallest absolute Gasteiger partial charge is 0.269 e. The van der Waals surface area contributed by atoms with Crippen molar-refractivity contribution in [3.05, 3.63) is 58.1 Å². The highest BCUT2D eigenvalue weighted by Gasteiger charge is 2.21. The molecule has 3 rings (SSSR count). The number of benzene rings is 2. The van der Waals surface area contributed by atoms with Gasteiger partial charge in [0.05, 0.1) is 11.7 Å². The number of halogens is 1. The van der Waals surface area contributed by atoms with Gasteiger partial charge in [0.25, 0.3) is 11.8 Å². The Bertz CT molecular complexity index is 1090. The van der Waals surface area contributed by atoms with E-state index in [1.807, 2.05) is 13.8 Å². The molecule has 1 saturated carbocycles. The Labute approximate surface area is 218 Å². The first kappa shape index (κ1) is 26.6. The van der Waals surface area contributed by atoms with Crippen LogP contribution in [0, 0.1) is 5.92 Å². The number of thiocarbonyl (C=S) groups is 1. The molecule has 0 spiro atoms. The van der Waals surface area contributed by atoms with E-state index in [1.165, 1.54) is 6.42 Å². The minimum atomic E-state index is -0.480. The molecule has 4 N–H and O–H groups in total. The van der Waals surface area contributed by atoms with Crippen molar-refractivity contribution in [1.82, 2.24) is 16.2 Å². The summed E-state index contributed by atoms with van der Waals surface area (Å²) in [6, 6.07) is 11.7. The molecular formula is C25H29BrN4O4S. The van der Waals surface area contributed by atoms with E-state index in [-0.39, 0.29) is 23.0 Å². The van der Waals surface area contributed by atoms with Gasteiger partial charge >= 0.3 is 0 Å². The molecule has 0 bridgehead atoms. The third kappa shape index (κ3) is 8.03. The molecule has 0 saturated heterocycles. The van der Waals surface area contributed by atoms with Crippen molar-refractivity contribution in [3.63, 3.8) is 0 Å². The quantitative estimate of drug-likeness (QED) is 0.301. The van der Waals surface area contributed by atoms with E-state index >= 15 is 0 Å². The minimum absolute atomic E-state index is 0.0251. The topological polar surface area (TPSA) is 109 Å². The Kier molecular flexibility index (Phi) is 9.62. The molecule has 0 heterocycles. The zero-order valence-corrected chi connectivity index (χ0v) is 22.1. The number of carbonyl (C=O) groups excluding carboxylic acids is 3. The van der Waals surface area contributed by atoms with Gasteiger partial charge in [0.1, 0.15) is 5.75 Å². The van der Waals surface area contributed by atoms with Gasteiger partial charge in [0, 0.05) is 21.6 Å². The molecule has 0 aromatic heterocycles. The summed E-state index contributed by atoms with van der Waals surface area (Å²) in [4.78, 5) is 37.5. The summed E-state index contributed by atoms with van der Waals surface area (Å²) in [5, 5.41) is 5.37. The molecule has 10 heteroatoms. The molecule has 1 aliphatic rings. The van der Waals surface area contributed by atoms with Crippen LogP contribution in [0.25, 0.3) is 0 Å². The van der Waals surface area contributed by atoms with Crippen molar-refractivity contribution in [2.45, 2.75) is 52.1 Å². The van der Waals surface area contributed by atoms with E-state index in [2.05, 4.69) is 37.4 Å². The first-order valence-electron chi connectivity index (χ1n) is 11.5. The van der Waals surface area contributed by atoms with E-state index in [0.29, 0.717) is 27.0 Å². The van der Waals surface area contributed by atoms with Gasteiger partial charge in [-0.05, 0) is 81.4 Å². The molecule has 8 nitrogen and oxygen atoms in total. The molecule has 0 unspecified atom stereocenters. The van der Waals surface area contributed by atoms with Crippen molar-refractivity contribution in [2.24, 2.45) is 5.92 Å². The lowest BCUT2D eigenvalue weighted by Gasteiger charge is -2.20. The predicted molar refractivity (Wildman–Crippen MR) is 142 cm³/mol. The maximum Gasteiger partial charge on any atom is 0.269 e. The van der Waals surface area contributed by atoms with Crippen LogP contribution in [0.5, 0.6) is 5.75 Å². The van der Waals surface area contributed by atoms with Crippen molar-refractivity contribution in [3.8, 4) is 5.75 Å². The summed E-state index contributed by atoms with van der Waals surface area (Å²) in [5.41, 5.74) is 6.28. The lowest BCUT2D eigenvalue weighted by atomic mass is 9.88. The maximum absolute atomic E-state index is 12.7. The number of nitrogens with one attached hydrogen (secondary N) is 4. The number of rotatable bonds is 6. The average molecular weight is 562 g/mol. The van der Waals surface area contributed by atoms with Gasteiger partial charge in [-0.15, -0.1) is 0 Å². The number of ether oxygens (including phenoxy) is 1. The van der Waals surface area contributed by atoms with Gasteiger partial charge in [-0.3, -0.25) is 30.6 Å². The number of hydrogen-bond donors (Lipinski definition) is 4. The fourth-order valence-corrected chi connectivity index (χ4v) is 4.24. The summed E-state index contributed by atoms with van der Waals surface area (Å²) >= 11 is 8.48. The van der Waals surface area contributed by atoms with Crippen LogP contribution in [-0.2, 0) is 4.79 Å². The molecule has 1 aliphatic carbocycles. The molecule has 0 radical (unpaired) electrons. The molecule has 35 heavy (non-hydrogen) atoms. The van der Waals surface area contributed by atoms with Crippen molar-refractivity contribution >= 4 is 56.7 Å². The van der Waals surface area contributed by atoms with Crippen LogP contribution < -0.4 is 26.2 Å². The average Bonchev–Trinajstić information content (AvgIpc) is 2.84. The standard InChI is InChI=1S/C25H29BrN4O4S/c1-15(2)34-21-13-10-18(26)14-20(21)24(33)28-25(35)30-29-23(32)17-8-11-19(12-9-17)27-22(31)16-6-4-3-5-7-16/h8-16H,3-7H2,1-2H3,(H,27,31)(H,29,32)(H2,28,30,33,35). The summed E-state index contributed by atoms with van der Waals surface area (Å²) in [6.45, 7) is 3.73. The molecular weight excluding hydrogens is 532 g/mol. The summed E-state index contributed by atoms with van der Waals surface area (Å²) < 4.78 is 6.40. The van der Waals surface area contributed by atoms with Gasteiger partial charge in [-0.25, -0.2) is 0 Å². The predicted octanol–water partition coefficient (Wildman–Crippen LogP) is 4.70. The van der Waals surface area contributed by atoms with Crippen LogP contribution in [-0.4, -0.2) is 28.9 Å². The maximum atomic E-state index is 12.7. The Morgan fingerprint density at radius 2 is 1.66 bits per heavy atom. The van der Waals surface area contributed by atoms with E-state index < -0.39 is 11.8 Å². The van der Waals surface area contributed by atoms with Gasteiger partial charge in [-0.1, -0.05) is 35.2 Å². The zero-order chi connectivity index (χ0) is 25.4. The normalized spacial score (nSPS) is 13.6. The molecule has 1 fully saturated rings. The van der Waals surface area contributed by atoms with Gasteiger partial charge in [0.15, 0.2) is 5.11 Å². The first-order chi connectivity index (χ1) is 16.7. The van der Waals surface area contributed by atoms with E-state index in [0.717, 1.165) is 25.7 Å². The van der Waals surface area contributed by atoms with Crippen molar-refractivity contribution < 1.29 is 19.1 Å². The SMILES string of the molecule is CC(C)Oc1ccc(Br)cc1C(=O)NC(=S)NNC(=O)c1ccc(NC(=O)C2CCCCC2)cc1. The highest BCUT2D eigenvalue weighted by atomic mass is 79.9. The molecule has 2 aromatic carbocycles. The van der Waals surface area contributed by atoms with Crippen LogP contribution >= 0.6 is 28.1 Å². The lowest BCUT2D eigenvalue weighted by molar-refractivity contribution is -0.120. The lowest BCUT2D eigenvalue weighted by Crippen LogP contribution is -2.48. The second-order valence-corrected chi connectivity index (χ2v) is 9.89. The number of amides is 3. The second-order valence-electron chi connectivity index (χ2n) is 8.57. The number of anilines is 1. The van der Waals surface area contributed by atoms with Crippen LogP contribution in [0.1, 0.15) is 66.7 Å². The third-order valence-corrected chi connectivity index (χ3v) is 6.15. The number of hydrazine groups is 1. The monoisotopic (exact) mass is 560 g/mol. The Hall–Kier alpha value is -2.98. The van der Waals surface area contributed by atoms with Crippen LogP contribution in [0.3, 0.4) is 0 Å². The number of carbonyl (C=O) groups is 3. The largest absolute Gasteiger partial charge is 0.490 e. The Morgan fingerprint density at radius 3 is 2.31 bits per heavy atom. The van der Waals surface area contributed by atoms with Crippen LogP contribution in [0.2, 0.25) is 0 Å². The summed E-state index contributed by atoms with van der Waals surface area (Å²) in [5.74, 6) is -0.428. The van der Waals surface area contributed by atoms with Crippen molar-refractivity contribution in [1.29, 1.82) is 0 Å². The zero-order valence-electron chi connectivity index (χ0n) is 19.7. The molecule has 0 aliphatic heterocycles. The fraction of sp³-hybridized carbons (Fsp3) is 0.360. The highest BCUT2D eigenvalue weighted by molar-refractivity contribution is 9.10. The molecule has 3 amide bonds. The van der Waals surface area contributed by atoms with E-state index in [9.17, 15) is 14.4 Å². The Balaban J connectivity index is 1.50. The minimum Gasteiger partial charge on any atom is -0.490 e. The first-order valence-corrected chi connectivity index (χ1v) is 12.7. The van der Waals surface area contributed by atoms with Gasteiger partial charge in [-0.2, -0.15) is 0 Å². The van der Waals surface area contributed by atoms with E-state index in [4.69, 9.17) is 17.0 Å². The van der Waals surface area contributed by atoms with Crippen LogP contribution in [0.15, 0.2) is 46.9 Å². The van der Waals surface area contributed by atoms with Crippen molar-refractivity contribution in [2.75, 3.05) is 5.32 Å². The fourth-order valence-electron chi connectivity index (χ4n) is 3.74. The van der Waals surface area contributed by atoms with Crippen LogP contribution in [0.4, 0.5) is 5.69 Å². The number of hydrogen-bond acceptors (Lipinski definition) is 5. The highest BCUT2D eigenvalue weighted by Crippen LogP contribution is 2.25. The molecule has 186 valence electrons. The molecule has 0 atom stereocenters. The second kappa shape index (κ2) is 12.6. The molecule has 2 aromatic rings. The summed E-state index contributed by atoms with van der Waals surface area (Å²) in [7, 11) is 0. The third-order valence-electron chi connectivity index (χ3n) is 5.46. The van der Waals surface area contributed by atoms with Gasteiger partial charge < -0.3 is 10.1 Å². The Morgan fingerprint density at radius 1 is 0.971 bits per heavy atom.